The van der Waals surface area contributed by atoms with Crippen molar-refractivity contribution in [1.29, 1.82) is 0 Å². The third-order valence-corrected chi connectivity index (χ3v) is 3.67. The molecule has 0 aliphatic carbocycles. The third kappa shape index (κ3) is 3.07. The van der Waals surface area contributed by atoms with Gasteiger partial charge in [0, 0.05) is 12.0 Å². The van der Waals surface area contributed by atoms with Crippen LogP contribution in [0.1, 0.15) is 11.1 Å². The number of hydroxylamine groups is 1. The number of para-hydroxylation sites is 1. The Morgan fingerprint density at radius 1 is 1.00 bits per heavy atom. The zero-order chi connectivity index (χ0) is 15.4. The Morgan fingerprint density at radius 2 is 1.77 bits per heavy atom. The van der Waals surface area contributed by atoms with Crippen LogP contribution in [0, 0.1) is 0 Å². The van der Waals surface area contributed by atoms with Gasteiger partial charge in [0.25, 0.3) is 0 Å². The molecule has 0 spiro atoms. The average molecular weight is 297 g/mol. The van der Waals surface area contributed by atoms with Crippen LogP contribution in [0.3, 0.4) is 0 Å². The number of hydrogen-bond acceptors (Lipinski definition) is 4. The lowest BCUT2D eigenvalue weighted by molar-refractivity contribution is 0.0519. The number of ether oxygens (including phenoxy) is 2. The second-order valence-electron chi connectivity index (χ2n) is 5.09. The quantitative estimate of drug-likeness (QED) is 0.920. The molecule has 0 fully saturated rings. The van der Waals surface area contributed by atoms with E-state index in [1.807, 2.05) is 36.4 Å². The summed E-state index contributed by atoms with van der Waals surface area (Å²) in [4.78, 5) is 5.65. The summed E-state index contributed by atoms with van der Waals surface area (Å²) < 4.78 is 10.6. The molecule has 3 rings (SSSR count). The molecule has 0 saturated heterocycles. The molecule has 1 unspecified atom stereocenters. The lowest BCUT2D eigenvalue weighted by Gasteiger charge is -2.09. The Kier molecular flexibility index (Phi) is 4.30. The van der Waals surface area contributed by atoms with Gasteiger partial charge >= 0.3 is 0 Å². The lowest BCUT2D eigenvalue weighted by atomic mass is 10.1. The van der Waals surface area contributed by atoms with E-state index in [0.717, 1.165) is 29.2 Å². The maximum Gasteiger partial charge on any atom is 0.128 e. The van der Waals surface area contributed by atoms with Crippen molar-refractivity contribution in [2.24, 2.45) is 0 Å². The minimum atomic E-state index is -0.00620. The van der Waals surface area contributed by atoms with Crippen LogP contribution >= 0.6 is 0 Å². The summed E-state index contributed by atoms with van der Waals surface area (Å²) in [5.41, 5.74) is 6.14. The second-order valence-corrected chi connectivity index (χ2v) is 5.09. The Labute approximate surface area is 130 Å². The van der Waals surface area contributed by atoms with Gasteiger partial charge in [-0.3, -0.25) is 10.3 Å². The summed E-state index contributed by atoms with van der Waals surface area (Å²) in [6.07, 6.45) is 2.88. The minimum Gasteiger partial charge on any atom is -0.497 e. The first-order chi connectivity index (χ1) is 10.8. The van der Waals surface area contributed by atoms with Crippen LogP contribution in [-0.2, 0) is 11.3 Å². The Balaban J connectivity index is 1.73. The molecule has 1 heterocycles. The van der Waals surface area contributed by atoms with E-state index in [2.05, 4.69) is 23.7 Å². The fraction of sp³-hybridized carbons (Fsp3) is 0.222. The predicted octanol–water partition coefficient (Wildman–Crippen LogP) is 3.19. The molecule has 0 saturated carbocycles. The minimum absolute atomic E-state index is 0.00620. The van der Waals surface area contributed by atoms with Crippen molar-refractivity contribution in [3.05, 3.63) is 65.7 Å². The van der Waals surface area contributed by atoms with E-state index < -0.39 is 0 Å². The molecule has 2 aromatic rings. The van der Waals surface area contributed by atoms with Gasteiger partial charge in [-0.25, -0.2) is 0 Å². The summed E-state index contributed by atoms with van der Waals surface area (Å²) in [5.74, 6) is 1.69. The van der Waals surface area contributed by atoms with Crippen molar-refractivity contribution >= 4 is 5.70 Å². The molecule has 2 aromatic carbocycles. The van der Waals surface area contributed by atoms with Gasteiger partial charge < -0.3 is 9.47 Å². The fourth-order valence-corrected chi connectivity index (χ4v) is 2.50. The normalized spacial score (nSPS) is 16.8. The van der Waals surface area contributed by atoms with Crippen LogP contribution in [0.4, 0.5) is 0 Å². The zero-order valence-electron chi connectivity index (χ0n) is 12.7. The van der Waals surface area contributed by atoms with Gasteiger partial charge in [-0.15, -0.1) is 0 Å². The standard InChI is InChI=1S/C18H19NO3/c1-20-14-9-7-13(8-10-14)11-15-12-17(19-22-15)16-5-3-4-6-18(16)21-2/h3-10,12,15,19H,11H2,1-2H3. The highest BCUT2D eigenvalue weighted by atomic mass is 16.7. The molecule has 4 heteroatoms. The first-order valence-corrected chi connectivity index (χ1v) is 7.20. The maximum atomic E-state index is 5.65. The first kappa shape index (κ1) is 14.5. The van der Waals surface area contributed by atoms with Gasteiger partial charge in [0.15, 0.2) is 0 Å². The Bertz CT molecular complexity index is 664. The van der Waals surface area contributed by atoms with Crippen molar-refractivity contribution < 1.29 is 14.3 Å². The van der Waals surface area contributed by atoms with Crippen LogP contribution < -0.4 is 15.0 Å². The molecule has 4 nitrogen and oxygen atoms in total. The van der Waals surface area contributed by atoms with E-state index in [1.165, 1.54) is 5.56 Å². The predicted molar refractivity (Wildman–Crippen MR) is 85.7 cm³/mol. The molecule has 0 amide bonds. The molecule has 1 aliphatic rings. The molecule has 1 N–H and O–H groups in total. The summed E-state index contributed by atoms with van der Waals surface area (Å²) >= 11 is 0. The van der Waals surface area contributed by atoms with E-state index in [-0.39, 0.29) is 6.10 Å². The van der Waals surface area contributed by atoms with Gasteiger partial charge in [0.1, 0.15) is 17.6 Å². The van der Waals surface area contributed by atoms with E-state index in [9.17, 15) is 0 Å². The molecule has 0 aromatic heterocycles. The summed E-state index contributed by atoms with van der Waals surface area (Å²) in [7, 11) is 3.34. The van der Waals surface area contributed by atoms with Crippen molar-refractivity contribution in [2.75, 3.05) is 14.2 Å². The Morgan fingerprint density at radius 3 is 2.50 bits per heavy atom. The molecular weight excluding hydrogens is 278 g/mol. The van der Waals surface area contributed by atoms with Crippen molar-refractivity contribution in [3.63, 3.8) is 0 Å². The van der Waals surface area contributed by atoms with Crippen LogP contribution in [0.25, 0.3) is 5.70 Å². The first-order valence-electron chi connectivity index (χ1n) is 7.20. The van der Waals surface area contributed by atoms with E-state index >= 15 is 0 Å². The van der Waals surface area contributed by atoms with Gasteiger partial charge in [-0.1, -0.05) is 24.3 Å². The van der Waals surface area contributed by atoms with Gasteiger partial charge in [0.2, 0.25) is 0 Å². The van der Waals surface area contributed by atoms with Gasteiger partial charge in [-0.05, 0) is 35.9 Å². The average Bonchev–Trinajstić information content (AvgIpc) is 3.04. The molecule has 0 radical (unpaired) electrons. The zero-order valence-corrected chi connectivity index (χ0v) is 12.7. The van der Waals surface area contributed by atoms with E-state index in [1.54, 1.807) is 14.2 Å². The van der Waals surface area contributed by atoms with Crippen molar-refractivity contribution in [1.82, 2.24) is 5.48 Å². The molecule has 0 bridgehead atoms. The highest BCUT2D eigenvalue weighted by molar-refractivity contribution is 5.70. The summed E-state index contributed by atoms with van der Waals surface area (Å²) in [5, 5.41) is 0. The van der Waals surface area contributed by atoms with E-state index in [4.69, 9.17) is 14.3 Å². The van der Waals surface area contributed by atoms with Crippen molar-refractivity contribution in [3.8, 4) is 11.5 Å². The van der Waals surface area contributed by atoms with Gasteiger partial charge in [-0.2, -0.15) is 0 Å². The summed E-state index contributed by atoms with van der Waals surface area (Å²) in [6.45, 7) is 0. The number of nitrogens with one attached hydrogen (secondary N) is 1. The molecular formula is C18H19NO3. The SMILES string of the molecule is COc1ccc(CC2C=C(c3ccccc3OC)NO2)cc1. The molecule has 114 valence electrons. The van der Waals surface area contributed by atoms with Crippen molar-refractivity contribution in [2.45, 2.75) is 12.5 Å². The number of methoxy groups -OCH3 is 2. The van der Waals surface area contributed by atoms with Gasteiger partial charge in [0.05, 0.1) is 19.9 Å². The van der Waals surface area contributed by atoms with E-state index in [0.29, 0.717) is 0 Å². The smallest absolute Gasteiger partial charge is 0.128 e. The molecule has 1 atom stereocenters. The van der Waals surface area contributed by atoms with Crippen LogP contribution in [0.2, 0.25) is 0 Å². The maximum absolute atomic E-state index is 5.65. The topological polar surface area (TPSA) is 39.7 Å². The van der Waals surface area contributed by atoms with Crippen LogP contribution in [0.5, 0.6) is 11.5 Å². The number of hydrogen-bond donors (Lipinski definition) is 1. The summed E-state index contributed by atoms with van der Waals surface area (Å²) in [6, 6.07) is 15.9. The number of benzene rings is 2. The Hall–Kier alpha value is -2.46. The largest absolute Gasteiger partial charge is 0.497 e. The second kappa shape index (κ2) is 6.54. The molecule has 1 aliphatic heterocycles. The number of rotatable bonds is 5. The highest BCUT2D eigenvalue weighted by Crippen LogP contribution is 2.28. The highest BCUT2D eigenvalue weighted by Gasteiger charge is 2.20. The molecule has 22 heavy (non-hydrogen) atoms. The van der Waals surface area contributed by atoms with Crippen LogP contribution in [0.15, 0.2) is 54.6 Å². The van der Waals surface area contributed by atoms with Crippen LogP contribution in [-0.4, -0.2) is 20.3 Å². The monoisotopic (exact) mass is 297 g/mol. The lowest BCUT2D eigenvalue weighted by Crippen LogP contribution is -2.14. The fourth-order valence-electron chi connectivity index (χ4n) is 2.50. The third-order valence-electron chi connectivity index (χ3n) is 3.67.